The van der Waals surface area contributed by atoms with Crippen LogP contribution in [0.5, 0.6) is 0 Å². The molecule has 0 spiro atoms. The zero-order valence-corrected chi connectivity index (χ0v) is 11.0. The summed E-state index contributed by atoms with van der Waals surface area (Å²) in [6.45, 7) is 0. The molecule has 0 bridgehead atoms. The molecule has 0 aliphatic heterocycles. The van der Waals surface area contributed by atoms with Crippen LogP contribution in [0.15, 0.2) is 21.5 Å². The maximum Gasteiger partial charge on any atom is 0.339 e. The maximum absolute atomic E-state index is 13.1. The van der Waals surface area contributed by atoms with E-state index >= 15 is 0 Å². The van der Waals surface area contributed by atoms with Gasteiger partial charge in [-0.2, -0.15) is 0 Å². The van der Waals surface area contributed by atoms with Crippen LogP contribution in [0.1, 0.15) is 10.4 Å². The van der Waals surface area contributed by atoms with Gasteiger partial charge >= 0.3 is 5.97 Å². The zero-order chi connectivity index (χ0) is 12.5. The van der Waals surface area contributed by atoms with Crippen LogP contribution in [0.3, 0.4) is 0 Å². The van der Waals surface area contributed by atoms with Gasteiger partial charge in [0.15, 0.2) is 0 Å². The molecule has 0 N–H and O–H groups in total. The fourth-order valence-corrected chi connectivity index (χ4v) is 2.38. The number of halogens is 3. The van der Waals surface area contributed by atoms with Gasteiger partial charge in [0.05, 0.1) is 22.0 Å². The minimum atomic E-state index is -4.22. The highest BCUT2D eigenvalue weighted by Crippen LogP contribution is 2.27. The van der Waals surface area contributed by atoms with Gasteiger partial charge in [-0.3, -0.25) is 0 Å². The van der Waals surface area contributed by atoms with Crippen molar-refractivity contribution in [3.63, 3.8) is 0 Å². The second kappa shape index (κ2) is 4.68. The lowest BCUT2D eigenvalue weighted by atomic mass is 10.2. The van der Waals surface area contributed by atoms with Gasteiger partial charge in [0.25, 0.3) is 9.05 Å². The average Bonchev–Trinajstić information content (AvgIpc) is 2.18. The summed E-state index contributed by atoms with van der Waals surface area (Å²) in [7, 11) is 1.93. The number of hydrogen-bond acceptors (Lipinski definition) is 4. The maximum atomic E-state index is 13.1. The number of carbonyl (C=O) groups is 1. The van der Waals surface area contributed by atoms with Gasteiger partial charge in [0.1, 0.15) is 5.82 Å². The Morgan fingerprint density at radius 1 is 1.50 bits per heavy atom. The van der Waals surface area contributed by atoms with Gasteiger partial charge in [-0.25, -0.2) is 17.6 Å². The molecule has 0 atom stereocenters. The molecule has 1 aromatic carbocycles. The van der Waals surface area contributed by atoms with Crippen molar-refractivity contribution in [2.45, 2.75) is 4.90 Å². The Labute approximate surface area is 104 Å². The van der Waals surface area contributed by atoms with Gasteiger partial charge in [-0.05, 0) is 28.1 Å². The Hall–Kier alpha value is -0.660. The third-order valence-electron chi connectivity index (χ3n) is 1.69. The van der Waals surface area contributed by atoms with Crippen molar-refractivity contribution in [3.05, 3.63) is 28.0 Å². The van der Waals surface area contributed by atoms with E-state index in [2.05, 4.69) is 20.7 Å². The smallest absolute Gasteiger partial charge is 0.339 e. The van der Waals surface area contributed by atoms with Crippen molar-refractivity contribution in [2.24, 2.45) is 0 Å². The minimum absolute atomic E-state index is 0.0584. The highest BCUT2D eigenvalue weighted by molar-refractivity contribution is 9.10. The molecule has 8 heteroatoms. The van der Waals surface area contributed by atoms with Crippen molar-refractivity contribution in [1.82, 2.24) is 0 Å². The number of esters is 1. The summed E-state index contributed by atoms with van der Waals surface area (Å²) >= 11 is 2.82. The Morgan fingerprint density at radius 3 is 2.50 bits per heavy atom. The first-order chi connectivity index (χ1) is 7.27. The van der Waals surface area contributed by atoms with Crippen molar-refractivity contribution in [2.75, 3.05) is 7.11 Å². The largest absolute Gasteiger partial charge is 0.465 e. The van der Waals surface area contributed by atoms with Crippen LogP contribution in [-0.2, 0) is 13.8 Å². The monoisotopic (exact) mass is 330 g/mol. The molecule has 0 fully saturated rings. The zero-order valence-electron chi connectivity index (χ0n) is 7.83. The van der Waals surface area contributed by atoms with Crippen LogP contribution in [0.2, 0.25) is 0 Å². The fourth-order valence-electron chi connectivity index (χ4n) is 1.000. The van der Waals surface area contributed by atoms with Crippen molar-refractivity contribution in [1.29, 1.82) is 0 Å². The van der Waals surface area contributed by atoms with E-state index in [1.54, 1.807) is 0 Å². The number of carbonyl (C=O) groups excluding carboxylic acids is 1. The summed E-state index contributed by atoms with van der Waals surface area (Å²) in [4.78, 5) is 10.6. The first kappa shape index (κ1) is 13.4. The Balaban J connectivity index is 3.58. The van der Waals surface area contributed by atoms with Crippen LogP contribution < -0.4 is 0 Å². The molecule has 0 saturated heterocycles. The van der Waals surface area contributed by atoms with Crippen LogP contribution in [-0.4, -0.2) is 21.5 Å². The molecule has 1 rings (SSSR count). The fraction of sp³-hybridized carbons (Fsp3) is 0.125. The number of ether oxygens (including phenoxy) is 1. The summed E-state index contributed by atoms with van der Waals surface area (Å²) in [5.74, 6) is -1.76. The van der Waals surface area contributed by atoms with Gasteiger partial charge in [0.2, 0.25) is 0 Å². The van der Waals surface area contributed by atoms with Gasteiger partial charge in [-0.1, -0.05) is 0 Å². The molecule has 0 heterocycles. The molecule has 0 aliphatic carbocycles. The Bertz CT molecular complexity index is 543. The number of rotatable bonds is 2. The second-order valence-corrected chi connectivity index (χ2v) is 6.08. The molecule has 0 saturated carbocycles. The highest BCUT2D eigenvalue weighted by Gasteiger charge is 2.23. The number of benzene rings is 1. The molecule has 0 unspecified atom stereocenters. The van der Waals surface area contributed by atoms with Gasteiger partial charge in [0, 0.05) is 10.7 Å². The minimum Gasteiger partial charge on any atom is -0.465 e. The summed E-state index contributed by atoms with van der Waals surface area (Å²) in [6, 6.07) is 1.65. The standard InChI is InChI=1S/C8H5BrClFO4S/c1-15-8(12)4-2-5(9)6(11)3-7(4)16(10,13)14/h2-3H,1H3. The van der Waals surface area contributed by atoms with Gasteiger partial charge in [-0.15, -0.1) is 0 Å². The lowest BCUT2D eigenvalue weighted by Gasteiger charge is -2.06. The first-order valence-corrected chi connectivity index (χ1v) is 6.89. The molecule has 0 aromatic heterocycles. The molecular formula is C8H5BrClFO4S. The Kier molecular flexibility index (Phi) is 3.92. The van der Waals surface area contributed by atoms with E-state index in [0.717, 1.165) is 13.2 Å². The molecule has 4 nitrogen and oxygen atoms in total. The van der Waals surface area contributed by atoms with Crippen molar-refractivity contribution in [3.8, 4) is 0 Å². The highest BCUT2D eigenvalue weighted by atomic mass is 79.9. The SMILES string of the molecule is COC(=O)c1cc(Br)c(F)cc1S(=O)(=O)Cl. The second-order valence-electron chi connectivity index (χ2n) is 2.69. The van der Waals surface area contributed by atoms with Crippen molar-refractivity contribution >= 4 is 41.6 Å². The third kappa shape index (κ3) is 2.72. The van der Waals surface area contributed by atoms with Crippen LogP contribution in [0.4, 0.5) is 4.39 Å². The van der Waals surface area contributed by atoms with Gasteiger partial charge < -0.3 is 4.74 Å². The summed E-state index contributed by atoms with van der Waals surface area (Å²) < 4.78 is 39.7. The van der Waals surface area contributed by atoms with E-state index in [1.807, 2.05) is 0 Å². The summed E-state index contributed by atoms with van der Waals surface area (Å²) in [5.41, 5.74) is -0.328. The van der Waals surface area contributed by atoms with Crippen LogP contribution >= 0.6 is 26.6 Å². The van der Waals surface area contributed by atoms with Crippen LogP contribution in [0, 0.1) is 5.82 Å². The summed E-state index contributed by atoms with van der Waals surface area (Å²) in [6.07, 6.45) is 0. The lowest BCUT2D eigenvalue weighted by Crippen LogP contribution is -2.08. The predicted octanol–water partition coefficient (Wildman–Crippen LogP) is 2.30. The molecule has 1 aromatic rings. The van der Waals surface area contributed by atoms with E-state index in [9.17, 15) is 17.6 Å². The topological polar surface area (TPSA) is 60.4 Å². The number of hydrogen-bond donors (Lipinski definition) is 0. The Morgan fingerprint density at radius 2 is 2.06 bits per heavy atom. The molecule has 0 amide bonds. The van der Waals surface area contributed by atoms with Crippen molar-refractivity contribution < 1.29 is 22.3 Å². The van der Waals surface area contributed by atoms with E-state index in [4.69, 9.17) is 10.7 Å². The molecular weight excluding hydrogens is 327 g/mol. The molecule has 16 heavy (non-hydrogen) atoms. The quantitative estimate of drug-likeness (QED) is 0.616. The van der Waals surface area contributed by atoms with E-state index in [1.165, 1.54) is 0 Å². The predicted molar refractivity (Wildman–Crippen MR) is 58.5 cm³/mol. The van der Waals surface area contributed by atoms with E-state index in [0.29, 0.717) is 6.07 Å². The van der Waals surface area contributed by atoms with Crippen LogP contribution in [0.25, 0.3) is 0 Å². The molecule has 0 radical (unpaired) electrons. The molecule has 88 valence electrons. The van der Waals surface area contributed by atoms with E-state index < -0.39 is 25.7 Å². The molecule has 0 aliphatic rings. The lowest BCUT2D eigenvalue weighted by molar-refractivity contribution is 0.0596. The normalized spacial score (nSPS) is 11.2. The first-order valence-electron chi connectivity index (χ1n) is 3.79. The summed E-state index contributed by atoms with van der Waals surface area (Å²) in [5, 5.41) is 0. The van der Waals surface area contributed by atoms with E-state index in [-0.39, 0.29) is 10.0 Å². The number of methoxy groups -OCH3 is 1. The average molecular weight is 332 g/mol. The third-order valence-corrected chi connectivity index (χ3v) is 3.66.